The number of phenolic OH excluding ortho intramolecular Hbond substituents is 1. The van der Waals surface area contributed by atoms with Crippen molar-refractivity contribution in [2.75, 3.05) is 31.5 Å². The number of hydrogen-bond donors (Lipinski definition) is 7. The van der Waals surface area contributed by atoms with Crippen molar-refractivity contribution in [2.24, 2.45) is 17.6 Å². The summed E-state index contributed by atoms with van der Waals surface area (Å²) >= 11 is 0. The minimum atomic E-state index is -1.28. The number of carbonyl (C=O) groups excluding carboxylic acids is 5. The molecule has 394 valence electrons. The third-order valence-electron chi connectivity index (χ3n) is 13.9. The van der Waals surface area contributed by atoms with E-state index in [4.69, 9.17) is 14.9 Å². The predicted octanol–water partition coefficient (Wildman–Crippen LogP) is 7.15. The molecule has 3 aromatic rings. The number of aromatic hydroxyl groups is 1. The molecule has 7 rings (SSSR count). The number of aromatic carboxylic acids is 1. The SMILES string of the molecule is CC(C)(C)NC(=O)[C@@H]1C[C@@H]2CCCC[C@@H]2CN1C[C@@H](OC(=O)CCCCCNC(=O)CCCC(=O)NCC(=O)Nc1ccc(-c2c3ccc(=O)cc-3oc3cc(O)ccc23)c(C(=O)O)c1)[C@@H](N)Cc1ccccc1. The van der Waals surface area contributed by atoms with Gasteiger partial charge in [0.1, 0.15) is 23.2 Å². The van der Waals surface area contributed by atoms with Gasteiger partial charge in [-0.15, -0.1) is 0 Å². The van der Waals surface area contributed by atoms with E-state index in [9.17, 15) is 43.8 Å². The largest absolute Gasteiger partial charge is 0.508 e. The molecule has 2 heterocycles. The van der Waals surface area contributed by atoms with Crippen LogP contribution in [-0.4, -0.2) is 101 Å². The highest BCUT2D eigenvalue weighted by molar-refractivity contribution is 6.08. The van der Waals surface area contributed by atoms with Crippen LogP contribution in [0.5, 0.6) is 5.75 Å². The number of nitrogens with two attached hydrogens (primary N) is 1. The number of amides is 4. The fraction of sp³-hybridized carbons (Fsp3) is 0.456. The molecule has 3 aromatic carbocycles. The van der Waals surface area contributed by atoms with Crippen LogP contribution in [0, 0.1) is 11.8 Å². The van der Waals surface area contributed by atoms with Gasteiger partial charge in [-0.25, -0.2) is 4.79 Å². The fourth-order valence-electron chi connectivity index (χ4n) is 10.3. The van der Waals surface area contributed by atoms with E-state index in [1.54, 1.807) is 12.1 Å². The number of carbonyl (C=O) groups is 6. The number of carboxylic acids is 1. The number of anilines is 1. The fourth-order valence-corrected chi connectivity index (χ4v) is 10.3. The Morgan fingerprint density at radius 2 is 1.54 bits per heavy atom. The highest BCUT2D eigenvalue weighted by Crippen LogP contribution is 2.43. The molecule has 0 bridgehead atoms. The average molecular weight is 1020 g/mol. The van der Waals surface area contributed by atoms with Crippen LogP contribution in [-0.2, 0) is 35.1 Å². The first-order chi connectivity index (χ1) is 35.4. The minimum absolute atomic E-state index is 0.00151. The van der Waals surface area contributed by atoms with Gasteiger partial charge in [0, 0.05) is 84.8 Å². The summed E-state index contributed by atoms with van der Waals surface area (Å²) in [6, 6.07) is 22.0. The Labute approximate surface area is 431 Å². The molecule has 0 radical (unpaired) electrons. The lowest BCUT2D eigenvalue weighted by atomic mass is 9.72. The molecule has 2 aliphatic carbocycles. The summed E-state index contributed by atoms with van der Waals surface area (Å²) in [7, 11) is 0. The molecule has 8 N–H and O–H groups in total. The summed E-state index contributed by atoms with van der Waals surface area (Å²) in [5.74, 6) is -1.79. The molecule has 2 fully saturated rings. The Kier molecular flexibility index (Phi) is 18.6. The van der Waals surface area contributed by atoms with Crippen molar-refractivity contribution in [1.82, 2.24) is 20.9 Å². The van der Waals surface area contributed by atoms with Crippen LogP contribution in [0.3, 0.4) is 0 Å². The van der Waals surface area contributed by atoms with Gasteiger partial charge in [0.2, 0.25) is 23.6 Å². The van der Waals surface area contributed by atoms with Gasteiger partial charge in [-0.2, -0.15) is 0 Å². The van der Waals surface area contributed by atoms with E-state index in [1.807, 2.05) is 51.1 Å². The minimum Gasteiger partial charge on any atom is -0.508 e. The van der Waals surface area contributed by atoms with Crippen LogP contribution in [0.25, 0.3) is 33.4 Å². The molecule has 0 spiro atoms. The molecule has 17 heteroatoms. The van der Waals surface area contributed by atoms with Gasteiger partial charge in [0.05, 0.1) is 18.2 Å². The van der Waals surface area contributed by atoms with Gasteiger partial charge in [0.25, 0.3) is 0 Å². The van der Waals surface area contributed by atoms with Crippen molar-refractivity contribution in [1.29, 1.82) is 0 Å². The van der Waals surface area contributed by atoms with Crippen molar-refractivity contribution in [2.45, 2.75) is 128 Å². The first-order valence-corrected chi connectivity index (χ1v) is 25.9. The maximum atomic E-state index is 13.7. The van der Waals surface area contributed by atoms with Crippen LogP contribution in [0.4, 0.5) is 5.69 Å². The van der Waals surface area contributed by atoms with Gasteiger partial charge in [-0.3, -0.25) is 33.7 Å². The molecule has 1 saturated heterocycles. The Bertz CT molecular complexity index is 2830. The number of rotatable bonds is 22. The molecule has 17 nitrogen and oxygen atoms in total. The second-order valence-corrected chi connectivity index (χ2v) is 20.9. The molecular formula is C57H70N6O11. The number of hydrogen-bond acceptors (Lipinski definition) is 12. The molecule has 5 atom stereocenters. The number of fused-ring (bicyclic) bond motifs is 3. The van der Waals surface area contributed by atoms with Gasteiger partial charge in [0.15, 0.2) is 5.43 Å². The van der Waals surface area contributed by atoms with Crippen molar-refractivity contribution >= 4 is 52.2 Å². The van der Waals surface area contributed by atoms with Crippen LogP contribution in [0.2, 0.25) is 0 Å². The standard InChI is InChI=1S/C57H70N6O11/c1-57(2,3)62-55(70)46-28-36-15-9-10-16-37(36)33-63(46)34-49(45(58)27-35-13-6-4-7-14-35)74-53(69)19-8-5-11-26-59-50(66)17-12-18-51(67)60-32-52(68)61-38-20-23-41(44(29-38)56(71)72)54-42-24-21-39(64)30-47(42)73-48-31-40(65)22-25-43(48)54/h4,6-7,13-14,20-25,29-31,36-37,45-46,49,64H,5,8-12,15-19,26-28,32-34,58H2,1-3H3,(H,59,66)(H,60,67)(H,61,68)(H,62,70)(H,71,72)/t36-,37+,45-,46-,49+/m0/s1. The van der Waals surface area contributed by atoms with Gasteiger partial charge in [-0.1, -0.05) is 62.1 Å². The maximum absolute atomic E-state index is 13.7. The molecule has 0 unspecified atom stereocenters. The normalized spacial score (nSPS) is 17.6. The summed E-state index contributed by atoms with van der Waals surface area (Å²) in [6.07, 6.45) is 7.67. The second kappa shape index (κ2) is 25.2. The predicted molar refractivity (Wildman–Crippen MR) is 281 cm³/mol. The smallest absolute Gasteiger partial charge is 0.336 e. The van der Waals surface area contributed by atoms with Crippen molar-refractivity contribution in [3.05, 3.63) is 106 Å². The van der Waals surface area contributed by atoms with Crippen LogP contribution in [0.15, 0.2) is 94.1 Å². The zero-order valence-electron chi connectivity index (χ0n) is 42.6. The molecule has 0 aromatic heterocycles. The zero-order valence-corrected chi connectivity index (χ0v) is 42.6. The third-order valence-corrected chi connectivity index (χ3v) is 13.9. The molecule has 74 heavy (non-hydrogen) atoms. The van der Waals surface area contributed by atoms with Crippen molar-refractivity contribution < 1.29 is 48.1 Å². The number of nitrogens with one attached hydrogen (secondary N) is 4. The van der Waals surface area contributed by atoms with Gasteiger partial charge in [-0.05, 0) is 119 Å². The Morgan fingerprint density at radius 1 is 0.811 bits per heavy atom. The van der Waals surface area contributed by atoms with Crippen molar-refractivity contribution in [3.63, 3.8) is 0 Å². The second-order valence-electron chi connectivity index (χ2n) is 20.9. The third kappa shape index (κ3) is 15.2. The molecule has 1 saturated carbocycles. The molecule has 4 amide bonds. The van der Waals surface area contributed by atoms with Crippen LogP contribution in [0.1, 0.15) is 114 Å². The van der Waals surface area contributed by atoms with E-state index in [0.29, 0.717) is 67.1 Å². The van der Waals surface area contributed by atoms with Crippen molar-refractivity contribution in [3.8, 4) is 28.2 Å². The summed E-state index contributed by atoms with van der Waals surface area (Å²) in [6.45, 7) is 7.09. The van der Waals surface area contributed by atoms with Crippen LogP contribution >= 0.6 is 0 Å². The van der Waals surface area contributed by atoms with E-state index < -0.39 is 36.5 Å². The Hall–Kier alpha value is -7.11. The lowest BCUT2D eigenvalue weighted by Gasteiger charge is -2.47. The van der Waals surface area contributed by atoms with Gasteiger partial charge >= 0.3 is 11.9 Å². The lowest BCUT2D eigenvalue weighted by Crippen LogP contribution is -2.60. The Balaban J connectivity index is 0.823. The highest BCUT2D eigenvalue weighted by Gasteiger charge is 2.42. The summed E-state index contributed by atoms with van der Waals surface area (Å²) in [5, 5.41) is 32.0. The molecule has 4 aliphatic rings. The number of phenols is 1. The first-order valence-electron chi connectivity index (χ1n) is 25.9. The number of esters is 1. The number of piperidine rings is 1. The summed E-state index contributed by atoms with van der Waals surface area (Å²) < 4.78 is 12.1. The zero-order chi connectivity index (χ0) is 52.9. The molecular weight excluding hydrogens is 945 g/mol. The van der Waals surface area contributed by atoms with Gasteiger partial charge < -0.3 is 46.4 Å². The lowest BCUT2D eigenvalue weighted by molar-refractivity contribution is -0.153. The number of unbranched alkanes of at least 4 members (excludes halogenated alkanes) is 2. The van der Waals surface area contributed by atoms with E-state index in [2.05, 4.69) is 26.2 Å². The number of nitrogens with zero attached hydrogens (tertiary/aromatic N) is 1. The first kappa shape index (κ1) is 54.7. The number of ether oxygens (including phenoxy) is 1. The highest BCUT2D eigenvalue weighted by atomic mass is 16.5. The summed E-state index contributed by atoms with van der Waals surface area (Å²) in [4.78, 5) is 92.1. The number of benzene rings is 4. The Morgan fingerprint density at radius 3 is 2.28 bits per heavy atom. The quantitative estimate of drug-likeness (QED) is 0.0207. The van der Waals surface area contributed by atoms with E-state index in [1.165, 1.54) is 55.3 Å². The monoisotopic (exact) mass is 1010 g/mol. The molecule has 2 aliphatic heterocycles. The topological polar surface area (TPSA) is 260 Å². The summed E-state index contributed by atoms with van der Waals surface area (Å²) in [5.41, 5.74) is 8.65. The average Bonchev–Trinajstić information content (AvgIpc) is 3.35. The van der Waals surface area contributed by atoms with E-state index in [0.717, 1.165) is 31.4 Å². The van der Waals surface area contributed by atoms with E-state index in [-0.39, 0.29) is 94.4 Å². The van der Waals surface area contributed by atoms with Crippen LogP contribution < -0.4 is 32.4 Å². The number of carboxylic acid groups (broad SMARTS) is 1. The number of likely N-dealkylation sites (tertiary alicyclic amines) is 1. The van der Waals surface area contributed by atoms with E-state index >= 15 is 0 Å². The maximum Gasteiger partial charge on any atom is 0.336 e.